The molecule has 22 heavy (non-hydrogen) atoms. The minimum Gasteiger partial charge on any atom is -0.450 e. The van der Waals surface area contributed by atoms with Crippen LogP contribution in [-0.2, 0) is 9.53 Å². The average Bonchev–Trinajstić information content (AvgIpc) is 2.94. The first kappa shape index (κ1) is 16.0. The highest BCUT2D eigenvalue weighted by atomic mass is 16.7. The van der Waals surface area contributed by atoms with Gasteiger partial charge < -0.3 is 14.1 Å². The van der Waals surface area contributed by atoms with E-state index in [0.717, 1.165) is 31.4 Å². The molecule has 8 heteroatoms. The summed E-state index contributed by atoms with van der Waals surface area (Å²) in [6.07, 6.45) is 2.92. The van der Waals surface area contributed by atoms with Crippen LogP contribution < -0.4 is 0 Å². The second kappa shape index (κ2) is 6.59. The standard InChI is InChI=1S/C14H18N2O6/c1-9-4-3-5-10(2)15(9)12(17)8-21-14(18)11-6-7-13(22-11)16(19)20/h6-7,9-10H,3-5,8H2,1-2H3. The molecule has 2 unspecified atom stereocenters. The van der Waals surface area contributed by atoms with E-state index in [4.69, 9.17) is 9.15 Å². The maximum Gasteiger partial charge on any atom is 0.433 e. The van der Waals surface area contributed by atoms with E-state index in [1.54, 1.807) is 4.90 Å². The van der Waals surface area contributed by atoms with E-state index in [1.165, 1.54) is 0 Å². The molecule has 0 N–H and O–H groups in total. The van der Waals surface area contributed by atoms with E-state index in [0.29, 0.717) is 0 Å². The number of piperidine rings is 1. The van der Waals surface area contributed by atoms with Crippen molar-refractivity contribution in [3.05, 3.63) is 28.0 Å². The molecule has 0 aromatic carbocycles. The highest BCUT2D eigenvalue weighted by Crippen LogP contribution is 2.22. The molecular weight excluding hydrogens is 292 g/mol. The summed E-state index contributed by atoms with van der Waals surface area (Å²) >= 11 is 0. The van der Waals surface area contributed by atoms with Gasteiger partial charge in [-0.25, -0.2) is 4.79 Å². The largest absolute Gasteiger partial charge is 0.450 e. The van der Waals surface area contributed by atoms with E-state index in [-0.39, 0.29) is 23.8 Å². The van der Waals surface area contributed by atoms with E-state index >= 15 is 0 Å². The van der Waals surface area contributed by atoms with Crippen LogP contribution in [-0.4, -0.2) is 40.4 Å². The molecule has 1 aliphatic heterocycles. The molecule has 0 bridgehead atoms. The van der Waals surface area contributed by atoms with E-state index in [1.807, 2.05) is 13.8 Å². The van der Waals surface area contributed by atoms with Crippen molar-refractivity contribution < 1.29 is 23.7 Å². The van der Waals surface area contributed by atoms with Gasteiger partial charge in [0.25, 0.3) is 5.91 Å². The lowest BCUT2D eigenvalue weighted by atomic mass is 9.97. The number of hydrogen-bond donors (Lipinski definition) is 0. The quantitative estimate of drug-likeness (QED) is 0.479. The maximum atomic E-state index is 12.2. The number of rotatable bonds is 4. The molecule has 1 saturated heterocycles. The molecule has 0 saturated carbocycles. The van der Waals surface area contributed by atoms with Crippen molar-refractivity contribution in [1.82, 2.24) is 4.90 Å². The Bertz CT molecular complexity index is 572. The van der Waals surface area contributed by atoms with Crippen LogP contribution in [0, 0.1) is 10.1 Å². The molecule has 1 aromatic rings. The SMILES string of the molecule is CC1CCCC(C)N1C(=O)COC(=O)c1ccc([N+](=O)[O-])o1. The zero-order valence-corrected chi connectivity index (χ0v) is 12.5. The summed E-state index contributed by atoms with van der Waals surface area (Å²) in [6.45, 7) is 3.53. The fourth-order valence-electron chi connectivity index (χ4n) is 2.72. The Hall–Kier alpha value is -2.38. The molecule has 0 aliphatic carbocycles. The fourth-order valence-corrected chi connectivity index (χ4v) is 2.72. The highest BCUT2D eigenvalue weighted by Gasteiger charge is 2.29. The van der Waals surface area contributed by atoms with Crippen molar-refractivity contribution >= 4 is 17.8 Å². The minimum absolute atomic E-state index is 0.111. The van der Waals surface area contributed by atoms with Crippen LogP contribution in [0.1, 0.15) is 43.7 Å². The number of amides is 1. The van der Waals surface area contributed by atoms with Crippen LogP contribution in [0.25, 0.3) is 0 Å². The van der Waals surface area contributed by atoms with Gasteiger partial charge in [0.15, 0.2) is 6.61 Å². The summed E-state index contributed by atoms with van der Waals surface area (Å²) in [5.41, 5.74) is 0. The Morgan fingerprint density at radius 1 is 1.36 bits per heavy atom. The molecule has 8 nitrogen and oxygen atoms in total. The van der Waals surface area contributed by atoms with Crippen molar-refractivity contribution in [3.8, 4) is 0 Å². The Balaban J connectivity index is 1.92. The number of nitrogens with zero attached hydrogens (tertiary/aromatic N) is 2. The third-order valence-corrected chi connectivity index (χ3v) is 3.78. The minimum atomic E-state index is -0.890. The van der Waals surface area contributed by atoms with E-state index in [2.05, 4.69) is 0 Å². The van der Waals surface area contributed by atoms with Gasteiger partial charge in [0.1, 0.15) is 4.92 Å². The summed E-state index contributed by atoms with van der Waals surface area (Å²) < 4.78 is 9.61. The summed E-state index contributed by atoms with van der Waals surface area (Å²) in [5.74, 6) is -2.00. The summed E-state index contributed by atoms with van der Waals surface area (Å²) in [4.78, 5) is 35.4. The summed E-state index contributed by atoms with van der Waals surface area (Å²) in [7, 11) is 0. The van der Waals surface area contributed by atoms with Crippen LogP contribution in [0.5, 0.6) is 0 Å². The molecule has 2 rings (SSSR count). The van der Waals surface area contributed by atoms with Gasteiger partial charge in [0, 0.05) is 12.1 Å². The van der Waals surface area contributed by atoms with E-state index in [9.17, 15) is 19.7 Å². The lowest BCUT2D eigenvalue weighted by Crippen LogP contribution is -2.49. The molecule has 1 amide bonds. The molecule has 0 radical (unpaired) electrons. The first-order valence-electron chi connectivity index (χ1n) is 7.12. The third kappa shape index (κ3) is 3.44. The van der Waals surface area contributed by atoms with E-state index < -0.39 is 23.4 Å². The first-order valence-corrected chi connectivity index (χ1v) is 7.12. The van der Waals surface area contributed by atoms with Gasteiger partial charge in [0.05, 0.1) is 6.07 Å². The number of likely N-dealkylation sites (tertiary alicyclic amines) is 1. The molecule has 2 atom stereocenters. The van der Waals surface area contributed by atoms with Crippen LogP contribution >= 0.6 is 0 Å². The van der Waals surface area contributed by atoms with Crippen molar-refractivity contribution in [2.45, 2.75) is 45.2 Å². The number of esters is 1. The second-order valence-corrected chi connectivity index (χ2v) is 5.40. The van der Waals surface area contributed by atoms with Crippen molar-refractivity contribution in [1.29, 1.82) is 0 Å². The maximum absolute atomic E-state index is 12.2. The number of carbonyl (C=O) groups excluding carboxylic acids is 2. The Kier molecular flexibility index (Phi) is 4.79. The number of carbonyl (C=O) groups is 2. The van der Waals surface area contributed by atoms with Gasteiger partial charge in [-0.1, -0.05) is 0 Å². The third-order valence-electron chi connectivity index (χ3n) is 3.78. The molecule has 2 heterocycles. The van der Waals surface area contributed by atoms with Gasteiger partial charge in [-0.2, -0.15) is 0 Å². The molecule has 120 valence electrons. The van der Waals surface area contributed by atoms with Gasteiger partial charge in [-0.3, -0.25) is 14.9 Å². The predicted octanol–water partition coefficient (Wildman–Crippen LogP) is 2.13. The molecular formula is C14H18N2O6. The van der Waals surface area contributed by atoms with Crippen LogP contribution in [0.15, 0.2) is 16.5 Å². The fraction of sp³-hybridized carbons (Fsp3) is 0.571. The molecule has 0 spiro atoms. The normalized spacial score (nSPS) is 21.5. The van der Waals surface area contributed by atoms with Gasteiger partial charge in [-0.05, 0) is 39.2 Å². The number of hydrogen-bond acceptors (Lipinski definition) is 6. The predicted molar refractivity (Wildman–Crippen MR) is 75.3 cm³/mol. The zero-order valence-electron chi connectivity index (χ0n) is 12.5. The second-order valence-electron chi connectivity index (χ2n) is 5.40. The average molecular weight is 310 g/mol. The van der Waals surface area contributed by atoms with Crippen LogP contribution in [0.4, 0.5) is 5.88 Å². The van der Waals surface area contributed by atoms with Gasteiger partial charge >= 0.3 is 11.9 Å². The Morgan fingerprint density at radius 2 is 2.00 bits per heavy atom. The van der Waals surface area contributed by atoms with Crippen molar-refractivity contribution in [2.24, 2.45) is 0 Å². The molecule has 1 aliphatic rings. The topological polar surface area (TPSA) is 103 Å². The number of furan rings is 1. The summed E-state index contributed by atoms with van der Waals surface area (Å²) in [5, 5.41) is 10.5. The van der Waals surface area contributed by atoms with Crippen LogP contribution in [0.3, 0.4) is 0 Å². The Labute approximate surface area is 127 Å². The van der Waals surface area contributed by atoms with Crippen LogP contribution in [0.2, 0.25) is 0 Å². The number of nitro groups is 1. The van der Waals surface area contributed by atoms with Crippen molar-refractivity contribution in [3.63, 3.8) is 0 Å². The Morgan fingerprint density at radius 3 is 2.55 bits per heavy atom. The summed E-state index contributed by atoms with van der Waals surface area (Å²) in [6, 6.07) is 2.43. The highest BCUT2D eigenvalue weighted by molar-refractivity contribution is 5.89. The lowest BCUT2D eigenvalue weighted by Gasteiger charge is -2.38. The first-order chi connectivity index (χ1) is 10.4. The monoisotopic (exact) mass is 310 g/mol. The molecule has 1 fully saturated rings. The number of ether oxygens (including phenoxy) is 1. The smallest absolute Gasteiger partial charge is 0.433 e. The van der Waals surface area contributed by atoms with Gasteiger partial charge in [0.2, 0.25) is 5.76 Å². The molecule has 1 aromatic heterocycles. The zero-order chi connectivity index (χ0) is 16.3. The lowest BCUT2D eigenvalue weighted by molar-refractivity contribution is -0.402. The van der Waals surface area contributed by atoms with Crippen molar-refractivity contribution in [2.75, 3.05) is 6.61 Å². The van der Waals surface area contributed by atoms with Gasteiger partial charge in [-0.15, -0.1) is 0 Å².